The molecule has 2 atom stereocenters. The molecule has 2 N–H and O–H groups in total. The van der Waals surface area contributed by atoms with Crippen LogP contribution in [0.2, 0.25) is 0 Å². The number of nitrogens with two attached hydrogens (primary N) is 1. The fraction of sp³-hybridized carbons (Fsp3) is 0.452. The zero-order valence-electron chi connectivity index (χ0n) is 24.1. The first-order chi connectivity index (χ1) is 21.4. The smallest absolute Gasteiger partial charge is 0.417 e. The topological polar surface area (TPSA) is 91.3 Å². The summed E-state index contributed by atoms with van der Waals surface area (Å²) in [5.74, 6) is -2.04. The van der Waals surface area contributed by atoms with Gasteiger partial charge in [-0.2, -0.15) is 28.4 Å². The van der Waals surface area contributed by atoms with Crippen molar-refractivity contribution < 1.29 is 31.1 Å². The lowest BCUT2D eigenvalue weighted by atomic mass is 9.90. The van der Waals surface area contributed by atoms with E-state index in [-0.39, 0.29) is 62.5 Å². The molecule has 2 saturated heterocycles. The van der Waals surface area contributed by atoms with Gasteiger partial charge in [-0.1, -0.05) is 6.07 Å². The quantitative estimate of drug-likeness (QED) is 0.222. The number of hydrogen-bond acceptors (Lipinski definition) is 8. The highest BCUT2D eigenvalue weighted by atomic mass is 32.1. The van der Waals surface area contributed by atoms with Gasteiger partial charge in [-0.25, -0.2) is 13.2 Å². The Bertz CT molecular complexity index is 1890. The first-order valence-electron chi connectivity index (χ1n) is 14.7. The molecular weight excluding hydrogens is 618 g/mol. The maximum Gasteiger partial charge on any atom is 0.417 e. The minimum Gasteiger partial charge on any atom is -0.461 e. The Morgan fingerprint density at radius 1 is 1.22 bits per heavy atom. The van der Waals surface area contributed by atoms with Crippen molar-refractivity contribution in [2.45, 2.75) is 62.5 Å². The van der Waals surface area contributed by atoms with Crippen molar-refractivity contribution in [3.63, 3.8) is 0 Å². The molecule has 2 aromatic heterocycles. The number of anilines is 2. The Hall–Kier alpha value is -3.83. The molecule has 1 aliphatic carbocycles. The van der Waals surface area contributed by atoms with Crippen LogP contribution in [0.25, 0.3) is 32.1 Å². The molecule has 14 heteroatoms. The van der Waals surface area contributed by atoms with Gasteiger partial charge in [-0.3, -0.25) is 4.90 Å². The van der Waals surface area contributed by atoms with Crippen molar-refractivity contribution in [2.24, 2.45) is 0 Å². The van der Waals surface area contributed by atoms with E-state index in [1.54, 1.807) is 11.9 Å². The van der Waals surface area contributed by atoms with Crippen molar-refractivity contribution in [1.82, 2.24) is 14.9 Å². The first-order valence-corrected chi connectivity index (χ1v) is 15.5. The third kappa shape index (κ3) is 4.74. The van der Waals surface area contributed by atoms with Crippen LogP contribution in [0.3, 0.4) is 0 Å². The summed E-state index contributed by atoms with van der Waals surface area (Å²) in [4.78, 5) is 12.5. The Balaban J connectivity index is 1.45. The molecule has 0 unspecified atom stereocenters. The molecule has 0 bridgehead atoms. The second-order valence-electron chi connectivity index (χ2n) is 12.1. The lowest BCUT2D eigenvalue weighted by Crippen LogP contribution is -2.43. The Labute approximate surface area is 258 Å². The van der Waals surface area contributed by atoms with Crippen molar-refractivity contribution >= 4 is 43.1 Å². The molecule has 2 aromatic carbocycles. The number of nitrogens with zero attached hydrogens (tertiary/aromatic N) is 5. The van der Waals surface area contributed by atoms with Gasteiger partial charge in [0.25, 0.3) is 0 Å². The van der Waals surface area contributed by atoms with Crippen molar-refractivity contribution in [2.75, 3.05) is 37.4 Å². The molecule has 4 aromatic rings. The fourth-order valence-corrected chi connectivity index (χ4v) is 8.06. The average Bonchev–Trinajstić information content (AvgIpc) is 3.60. The van der Waals surface area contributed by atoms with Crippen LogP contribution in [0, 0.1) is 23.0 Å². The minimum atomic E-state index is -5.04. The van der Waals surface area contributed by atoms with Gasteiger partial charge in [0.15, 0.2) is 5.82 Å². The highest BCUT2D eigenvalue weighted by molar-refractivity contribution is 7.23. The van der Waals surface area contributed by atoms with Crippen LogP contribution in [-0.2, 0) is 6.18 Å². The molecule has 1 saturated carbocycles. The summed E-state index contributed by atoms with van der Waals surface area (Å²) >= 11 is 0.702. The summed E-state index contributed by atoms with van der Waals surface area (Å²) in [7, 11) is 1.69. The number of ether oxygens (including phenoxy) is 1. The van der Waals surface area contributed by atoms with E-state index in [0.29, 0.717) is 24.3 Å². The first kappa shape index (κ1) is 29.9. The summed E-state index contributed by atoms with van der Waals surface area (Å²) in [6.45, 7) is 1.05. The number of benzene rings is 2. The van der Waals surface area contributed by atoms with Gasteiger partial charge in [0.05, 0.1) is 21.4 Å². The van der Waals surface area contributed by atoms with Crippen LogP contribution >= 0.6 is 11.3 Å². The highest BCUT2D eigenvalue weighted by Crippen LogP contribution is 2.48. The molecule has 0 radical (unpaired) electrons. The molecular formula is C31H28F6N6OS. The highest BCUT2D eigenvalue weighted by Gasteiger charge is 2.49. The van der Waals surface area contributed by atoms with Crippen molar-refractivity contribution in [3.05, 3.63) is 41.0 Å². The number of alkyl halides is 4. The normalized spacial score (nSPS) is 22.1. The number of hydrogen-bond donors (Lipinski definition) is 1. The zero-order chi connectivity index (χ0) is 31.8. The number of aromatic nitrogens is 2. The summed E-state index contributed by atoms with van der Waals surface area (Å²) < 4.78 is 96.2. The number of rotatable bonds is 6. The largest absolute Gasteiger partial charge is 0.461 e. The van der Waals surface area contributed by atoms with Gasteiger partial charge in [0.1, 0.15) is 41.0 Å². The number of halogens is 6. The maximum atomic E-state index is 16.8. The number of nitriles is 1. The van der Waals surface area contributed by atoms with Gasteiger partial charge < -0.3 is 15.4 Å². The summed E-state index contributed by atoms with van der Waals surface area (Å²) in [5, 5.41) is 9.28. The molecule has 4 heterocycles. The molecule has 0 amide bonds. The zero-order valence-corrected chi connectivity index (χ0v) is 25.0. The molecule has 45 heavy (non-hydrogen) atoms. The van der Waals surface area contributed by atoms with Crippen LogP contribution < -0.4 is 15.4 Å². The minimum absolute atomic E-state index is 0.0252. The van der Waals surface area contributed by atoms with E-state index in [1.165, 1.54) is 0 Å². The standard InChI is InChI=1S/C31H28F6N6OS/c1-42(16-4-2-5-16)28-18-10-20(31(35,36)37)23(17-6-7-21(33)26-22(17)19(12-38)27(39)45-26)24(34)25(18)40-29(41-28)44-14-30-8-3-9-43(30)13-15(32)11-30/h6-7,10,15-16H,2-5,8-9,11,13-14,39H2,1H3/t15-,30+/m1/s1. The van der Waals surface area contributed by atoms with E-state index in [1.807, 2.05) is 11.0 Å². The molecule has 3 aliphatic rings. The van der Waals surface area contributed by atoms with Crippen LogP contribution in [0.4, 0.5) is 37.2 Å². The third-order valence-electron chi connectivity index (χ3n) is 9.58. The number of fused-ring (bicyclic) bond motifs is 3. The summed E-state index contributed by atoms with van der Waals surface area (Å²) in [6, 6.07) is 4.31. The molecule has 3 fully saturated rings. The van der Waals surface area contributed by atoms with E-state index in [2.05, 4.69) is 9.97 Å². The van der Waals surface area contributed by atoms with Crippen molar-refractivity contribution in [3.8, 4) is 23.2 Å². The number of nitrogen functional groups attached to an aromatic ring is 1. The Morgan fingerprint density at radius 2 is 2.00 bits per heavy atom. The summed E-state index contributed by atoms with van der Waals surface area (Å²) in [6.07, 6.45) is -1.71. The lowest BCUT2D eigenvalue weighted by molar-refractivity contribution is -0.137. The van der Waals surface area contributed by atoms with E-state index in [0.717, 1.165) is 50.4 Å². The predicted molar refractivity (Wildman–Crippen MR) is 159 cm³/mol. The third-order valence-corrected chi connectivity index (χ3v) is 10.6. The maximum absolute atomic E-state index is 16.8. The lowest BCUT2D eigenvalue weighted by Gasteiger charge is -2.36. The van der Waals surface area contributed by atoms with Crippen LogP contribution in [-0.4, -0.2) is 59.4 Å². The van der Waals surface area contributed by atoms with Crippen molar-refractivity contribution in [1.29, 1.82) is 5.26 Å². The molecule has 7 rings (SSSR count). The fourth-order valence-electron chi connectivity index (χ4n) is 7.11. The van der Waals surface area contributed by atoms with E-state index in [4.69, 9.17) is 10.5 Å². The Morgan fingerprint density at radius 3 is 2.69 bits per heavy atom. The van der Waals surface area contributed by atoms with Gasteiger partial charge in [-0.05, 0) is 56.3 Å². The molecule has 236 valence electrons. The number of thiophene rings is 1. The van der Waals surface area contributed by atoms with E-state index >= 15 is 4.39 Å². The predicted octanol–water partition coefficient (Wildman–Crippen LogP) is 7.21. The Kier molecular flexibility index (Phi) is 7.05. The average molecular weight is 647 g/mol. The van der Waals surface area contributed by atoms with Gasteiger partial charge in [-0.15, -0.1) is 11.3 Å². The van der Waals surface area contributed by atoms with Gasteiger partial charge in [0, 0.05) is 42.4 Å². The van der Waals surface area contributed by atoms with Crippen LogP contribution in [0.5, 0.6) is 6.01 Å². The van der Waals surface area contributed by atoms with E-state index < -0.39 is 46.2 Å². The molecule has 7 nitrogen and oxygen atoms in total. The SMILES string of the molecule is CN(c1nc(OC[C@@]23CCCN2C[C@H](F)C3)nc2c(F)c(-c3ccc(F)c4sc(N)c(C#N)c34)c(C(F)(F)F)cc12)C1CCC1. The van der Waals surface area contributed by atoms with E-state index in [9.17, 15) is 27.2 Å². The monoisotopic (exact) mass is 646 g/mol. The van der Waals surface area contributed by atoms with Crippen LogP contribution in [0.15, 0.2) is 18.2 Å². The summed E-state index contributed by atoms with van der Waals surface area (Å²) in [5.41, 5.74) is 2.17. The van der Waals surface area contributed by atoms with Gasteiger partial charge in [0.2, 0.25) is 0 Å². The van der Waals surface area contributed by atoms with Crippen LogP contribution in [0.1, 0.15) is 49.7 Å². The molecule has 0 spiro atoms. The second-order valence-corrected chi connectivity index (χ2v) is 13.2. The second kappa shape index (κ2) is 10.6. The van der Waals surface area contributed by atoms with Gasteiger partial charge >= 0.3 is 12.2 Å². The molecule has 2 aliphatic heterocycles.